The number of nitrogen functional groups attached to an aromatic ring is 1. The Morgan fingerprint density at radius 3 is 2.44 bits per heavy atom. The standard InChI is InChI=1S/C30H39N5O5S/c1-2-3-20-16-24(33-28-25(20)26(31)27(41-28)30(39)40)34-12-8-21(9-13-34)32-17-23(37)18-4-6-19(7-5-18)29(38)35-14-10-22(36)11-15-35/h4-7,16,21-23,32,36-37H,2-3,8-15,17,31H2,1H3,(H,39,40). The predicted octanol–water partition coefficient (Wildman–Crippen LogP) is 3.42. The Morgan fingerprint density at radius 1 is 1.12 bits per heavy atom. The van der Waals surface area contributed by atoms with Crippen molar-refractivity contribution in [1.82, 2.24) is 15.2 Å². The van der Waals surface area contributed by atoms with Crippen LogP contribution in [-0.2, 0) is 6.42 Å². The molecular weight excluding hydrogens is 542 g/mol. The number of thiophene rings is 1. The molecular formula is C30H39N5O5S. The Morgan fingerprint density at radius 2 is 1.80 bits per heavy atom. The van der Waals surface area contributed by atoms with E-state index in [1.54, 1.807) is 17.0 Å². The third-order valence-electron chi connectivity index (χ3n) is 8.19. The lowest BCUT2D eigenvalue weighted by Gasteiger charge is -2.34. The molecule has 6 N–H and O–H groups in total. The number of aromatic carboxylic acids is 1. The number of nitrogens with one attached hydrogen (secondary N) is 1. The molecule has 0 radical (unpaired) electrons. The van der Waals surface area contributed by atoms with E-state index in [0.29, 0.717) is 48.6 Å². The van der Waals surface area contributed by atoms with Crippen LogP contribution < -0.4 is 16.0 Å². The number of carboxylic acids is 1. The fourth-order valence-electron chi connectivity index (χ4n) is 5.78. The summed E-state index contributed by atoms with van der Waals surface area (Å²) in [4.78, 5) is 34.0. The molecule has 2 saturated heterocycles. The number of carboxylic acid groups (broad SMARTS) is 1. The fourth-order valence-corrected chi connectivity index (χ4v) is 6.76. The van der Waals surface area contributed by atoms with Gasteiger partial charge in [0.15, 0.2) is 0 Å². The molecule has 220 valence electrons. The first kappa shape index (κ1) is 29.2. The van der Waals surface area contributed by atoms with Gasteiger partial charge < -0.3 is 36.2 Å². The SMILES string of the molecule is CCCc1cc(N2CCC(NCC(O)c3ccc(C(=O)N4CCC(O)CC4)cc3)CC2)nc2sc(C(=O)O)c(N)c12. The van der Waals surface area contributed by atoms with Crippen molar-refractivity contribution in [3.8, 4) is 0 Å². The molecule has 4 heterocycles. The first-order valence-corrected chi connectivity index (χ1v) is 15.3. The average molecular weight is 582 g/mol. The highest BCUT2D eigenvalue weighted by molar-refractivity contribution is 7.21. The zero-order valence-corrected chi connectivity index (χ0v) is 24.2. The number of piperidine rings is 2. The van der Waals surface area contributed by atoms with Crippen LogP contribution in [0.15, 0.2) is 30.3 Å². The molecule has 41 heavy (non-hydrogen) atoms. The van der Waals surface area contributed by atoms with Crippen LogP contribution in [0.1, 0.15) is 76.3 Å². The number of rotatable bonds is 9. The lowest BCUT2D eigenvalue weighted by Crippen LogP contribution is -2.44. The number of hydrogen-bond acceptors (Lipinski definition) is 9. The van der Waals surface area contributed by atoms with E-state index in [1.807, 2.05) is 12.1 Å². The molecule has 0 bridgehead atoms. The number of aliphatic hydroxyl groups is 2. The number of amides is 1. The zero-order valence-electron chi connectivity index (χ0n) is 23.4. The number of nitrogens with two attached hydrogens (primary N) is 1. The highest BCUT2D eigenvalue weighted by Gasteiger charge is 2.25. The monoisotopic (exact) mass is 581 g/mol. The third-order valence-corrected chi connectivity index (χ3v) is 9.28. The van der Waals surface area contributed by atoms with Gasteiger partial charge >= 0.3 is 5.97 Å². The van der Waals surface area contributed by atoms with Crippen molar-refractivity contribution < 1.29 is 24.9 Å². The number of aromatic nitrogens is 1. The van der Waals surface area contributed by atoms with Crippen molar-refractivity contribution in [3.05, 3.63) is 51.9 Å². The van der Waals surface area contributed by atoms with E-state index in [4.69, 9.17) is 10.7 Å². The lowest BCUT2D eigenvalue weighted by atomic mass is 10.0. The first-order chi connectivity index (χ1) is 19.7. The topological polar surface area (TPSA) is 152 Å². The maximum Gasteiger partial charge on any atom is 0.348 e. The minimum absolute atomic E-state index is 0.0387. The van der Waals surface area contributed by atoms with Crippen molar-refractivity contribution in [2.45, 2.75) is 63.7 Å². The summed E-state index contributed by atoms with van der Waals surface area (Å²) in [5.74, 6) is -0.205. The molecule has 5 rings (SSSR count). The Hall–Kier alpha value is -3.25. The van der Waals surface area contributed by atoms with Gasteiger partial charge in [-0.1, -0.05) is 25.5 Å². The van der Waals surface area contributed by atoms with Gasteiger partial charge in [-0.25, -0.2) is 9.78 Å². The van der Waals surface area contributed by atoms with E-state index in [9.17, 15) is 24.9 Å². The molecule has 2 aromatic heterocycles. The van der Waals surface area contributed by atoms with Crippen molar-refractivity contribution in [3.63, 3.8) is 0 Å². The molecule has 0 spiro atoms. The Bertz CT molecular complexity index is 1380. The molecule has 1 aromatic carbocycles. The van der Waals surface area contributed by atoms with Crippen molar-refractivity contribution in [2.24, 2.45) is 0 Å². The van der Waals surface area contributed by atoms with Gasteiger partial charge in [0.05, 0.1) is 17.9 Å². The van der Waals surface area contributed by atoms with E-state index in [1.165, 1.54) is 0 Å². The van der Waals surface area contributed by atoms with Gasteiger partial charge in [0.2, 0.25) is 0 Å². The predicted molar refractivity (Wildman–Crippen MR) is 161 cm³/mol. The second-order valence-electron chi connectivity index (χ2n) is 11.1. The molecule has 3 aromatic rings. The Labute approximate surface area is 243 Å². The van der Waals surface area contributed by atoms with Crippen molar-refractivity contribution in [2.75, 3.05) is 43.4 Å². The summed E-state index contributed by atoms with van der Waals surface area (Å²) in [5.41, 5.74) is 8.90. The van der Waals surface area contributed by atoms with Crippen LogP contribution in [0, 0.1) is 0 Å². The van der Waals surface area contributed by atoms with Gasteiger partial charge in [-0.05, 0) is 61.4 Å². The van der Waals surface area contributed by atoms with Crippen LogP contribution in [0.5, 0.6) is 0 Å². The summed E-state index contributed by atoms with van der Waals surface area (Å²) < 4.78 is 0. The summed E-state index contributed by atoms with van der Waals surface area (Å²) >= 11 is 1.14. The maximum atomic E-state index is 12.7. The average Bonchev–Trinajstić information content (AvgIpc) is 3.33. The molecule has 10 nitrogen and oxygen atoms in total. The summed E-state index contributed by atoms with van der Waals surface area (Å²) in [6.07, 6.45) is 3.71. The second kappa shape index (κ2) is 12.7. The number of aryl methyl sites for hydroxylation is 1. The summed E-state index contributed by atoms with van der Waals surface area (Å²) in [7, 11) is 0. The maximum absolute atomic E-state index is 12.7. The van der Waals surface area contributed by atoms with Crippen LogP contribution >= 0.6 is 11.3 Å². The quantitative estimate of drug-likeness (QED) is 0.256. The van der Waals surface area contributed by atoms with Crippen LogP contribution in [-0.4, -0.2) is 81.9 Å². The van der Waals surface area contributed by atoms with Gasteiger partial charge in [-0.3, -0.25) is 4.79 Å². The van der Waals surface area contributed by atoms with Gasteiger partial charge in [-0.15, -0.1) is 11.3 Å². The normalized spacial score (nSPS) is 17.7. The summed E-state index contributed by atoms with van der Waals surface area (Å²) in [6, 6.07) is 9.46. The zero-order chi connectivity index (χ0) is 29.1. The summed E-state index contributed by atoms with van der Waals surface area (Å²) in [6.45, 7) is 5.23. The molecule has 1 amide bonds. The molecule has 2 fully saturated rings. The number of anilines is 2. The van der Waals surface area contributed by atoms with Gasteiger partial charge in [0, 0.05) is 49.7 Å². The third kappa shape index (κ3) is 6.48. The van der Waals surface area contributed by atoms with E-state index < -0.39 is 12.1 Å². The highest BCUT2D eigenvalue weighted by atomic mass is 32.1. The molecule has 2 aliphatic heterocycles. The van der Waals surface area contributed by atoms with Gasteiger partial charge in [0.1, 0.15) is 15.5 Å². The van der Waals surface area contributed by atoms with Gasteiger partial charge in [-0.2, -0.15) is 0 Å². The second-order valence-corrected chi connectivity index (χ2v) is 12.0. The largest absolute Gasteiger partial charge is 0.477 e. The van der Waals surface area contributed by atoms with E-state index in [2.05, 4.69) is 23.2 Å². The highest BCUT2D eigenvalue weighted by Crippen LogP contribution is 2.37. The number of benzene rings is 1. The number of carbonyl (C=O) groups excluding carboxylic acids is 1. The molecule has 0 saturated carbocycles. The minimum Gasteiger partial charge on any atom is -0.477 e. The van der Waals surface area contributed by atoms with E-state index >= 15 is 0 Å². The van der Waals surface area contributed by atoms with Crippen LogP contribution in [0.2, 0.25) is 0 Å². The molecule has 0 aliphatic carbocycles. The van der Waals surface area contributed by atoms with Crippen LogP contribution in [0.25, 0.3) is 10.2 Å². The molecule has 1 unspecified atom stereocenters. The lowest BCUT2D eigenvalue weighted by molar-refractivity contribution is 0.0545. The number of fused-ring (bicyclic) bond motifs is 1. The smallest absolute Gasteiger partial charge is 0.348 e. The Balaban J connectivity index is 1.15. The molecule has 1 atom stereocenters. The number of pyridine rings is 1. The number of aliphatic hydroxyl groups excluding tert-OH is 2. The van der Waals surface area contributed by atoms with Crippen LogP contribution in [0.3, 0.4) is 0 Å². The van der Waals surface area contributed by atoms with Gasteiger partial charge in [0.25, 0.3) is 5.91 Å². The Kier molecular flexibility index (Phi) is 9.08. The minimum atomic E-state index is -1.02. The van der Waals surface area contributed by atoms with Crippen molar-refractivity contribution in [1.29, 1.82) is 0 Å². The molecule has 11 heteroatoms. The number of nitrogens with zero attached hydrogens (tertiary/aromatic N) is 3. The van der Waals surface area contributed by atoms with Crippen molar-refractivity contribution >= 4 is 44.9 Å². The summed E-state index contributed by atoms with van der Waals surface area (Å²) in [5, 5.41) is 34.3. The first-order valence-electron chi connectivity index (χ1n) is 14.4. The van der Waals surface area contributed by atoms with Crippen LogP contribution in [0.4, 0.5) is 11.5 Å². The van der Waals surface area contributed by atoms with E-state index in [-0.39, 0.29) is 22.9 Å². The fraction of sp³-hybridized carbons (Fsp3) is 0.500. The number of hydrogen-bond donors (Lipinski definition) is 5. The van der Waals surface area contributed by atoms with E-state index in [0.717, 1.165) is 72.4 Å². The number of carbonyl (C=O) groups is 2. The number of likely N-dealkylation sites (tertiary alicyclic amines) is 1. The molecule has 2 aliphatic rings.